The second-order valence-corrected chi connectivity index (χ2v) is 9.71. The number of hydrogen-bond acceptors (Lipinski definition) is 7. The van der Waals surface area contributed by atoms with Crippen molar-refractivity contribution in [3.05, 3.63) is 61.7 Å². The number of halogens is 1. The Kier molecular flexibility index (Phi) is 10.4. The summed E-state index contributed by atoms with van der Waals surface area (Å²) in [4.78, 5) is 39.7. The summed E-state index contributed by atoms with van der Waals surface area (Å²) >= 11 is 0. The minimum absolute atomic E-state index is 0.0486. The van der Waals surface area contributed by atoms with Crippen molar-refractivity contribution in [2.45, 2.75) is 92.6 Å². The second kappa shape index (κ2) is 13.4. The van der Waals surface area contributed by atoms with Crippen molar-refractivity contribution in [2.24, 2.45) is 5.73 Å². The van der Waals surface area contributed by atoms with Crippen molar-refractivity contribution in [1.29, 1.82) is 0 Å². The van der Waals surface area contributed by atoms with Gasteiger partial charge in [-0.15, -0.1) is 0 Å². The minimum atomic E-state index is -1.48. The van der Waals surface area contributed by atoms with Crippen LogP contribution in [0.25, 0.3) is 22.3 Å². The molecule has 2 aliphatic heterocycles. The Morgan fingerprint density at radius 2 is 1.83 bits per heavy atom. The first-order valence-corrected chi connectivity index (χ1v) is 14.2. The van der Waals surface area contributed by atoms with Gasteiger partial charge in [0.1, 0.15) is 12.4 Å². The third-order valence-corrected chi connectivity index (χ3v) is 7.43. The second-order valence-electron chi connectivity index (χ2n) is 9.71. The number of amides is 1. The van der Waals surface area contributed by atoms with Gasteiger partial charge in [0.05, 0.1) is 41.5 Å². The summed E-state index contributed by atoms with van der Waals surface area (Å²) in [5.41, 5.74) is 10.7. The number of cyclic esters (lactones) is 1. The van der Waals surface area contributed by atoms with Gasteiger partial charge >= 0.3 is 5.97 Å². The average Bonchev–Trinajstić information content (AvgIpc) is 3.35. The number of pyridine rings is 2. The molecule has 0 bridgehead atoms. The number of ether oxygens (including phenoxy) is 2. The number of nitrogens with zero attached hydrogens (tertiary/aromatic N) is 2. The number of aryl methyl sites for hydroxylation is 2. The number of hydrogen-bond donors (Lipinski definition) is 2. The van der Waals surface area contributed by atoms with Gasteiger partial charge in [0, 0.05) is 29.7 Å². The third kappa shape index (κ3) is 5.90. The number of rotatable bonds is 3. The SMILES string of the molecule is CC.CC.COC(C)CC(N)=O.Cc1c(F)cc2nc3c(c4c2c1CCC4)Cn1c-3cc2c(c1=O)COC(=O)C2O. The molecule has 6 rings (SSSR count). The molecule has 2 aromatic heterocycles. The highest BCUT2D eigenvalue weighted by atomic mass is 19.1. The lowest BCUT2D eigenvalue weighted by Gasteiger charge is -2.22. The molecule has 1 amide bonds. The van der Waals surface area contributed by atoms with Crippen LogP contribution in [0.15, 0.2) is 16.9 Å². The van der Waals surface area contributed by atoms with E-state index in [0.29, 0.717) is 41.0 Å². The van der Waals surface area contributed by atoms with E-state index < -0.39 is 12.1 Å². The van der Waals surface area contributed by atoms with E-state index in [2.05, 4.69) is 0 Å². The first kappa shape index (κ1) is 31.9. The average molecular weight is 570 g/mol. The van der Waals surface area contributed by atoms with Gasteiger partial charge in [0.15, 0.2) is 6.10 Å². The Hall–Kier alpha value is -3.63. The fraction of sp³-hybridized carbons (Fsp3) is 0.484. The van der Waals surface area contributed by atoms with Crippen LogP contribution < -0.4 is 11.3 Å². The van der Waals surface area contributed by atoms with E-state index in [1.165, 1.54) is 6.07 Å². The fourth-order valence-corrected chi connectivity index (χ4v) is 5.43. The minimum Gasteiger partial charge on any atom is -0.458 e. The molecule has 2 atom stereocenters. The first-order chi connectivity index (χ1) is 19.6. The van der Waals surface area contributed by atoms with Gasteiger partial charge in [-0.25, -0.2) is 14.2 Å². The molecule has 1 aliphatic carbocycles. The van der Waals surface area contributed by atoms with E-state index >= 15 is 0 Å². The molecule has 3 aromatic rings. The molecule has 0 saturated carbocycles. The lowest BCUT2D eigenvalue weighted by molar-refractivity contribution is -0.157. The standard InChI is InChI=1S/C22H17FN2O4.C5H11NO2.2C2H6/c1-9-10-3-2-4-11-13-7-25-17(19(13)24-16(18(10)11)6-15(9)23)5-12-14(21(25)27)8-29-22(28)20(12)26;1-4(8-2)3-5(6)7;2*1-2/h5-6,20,26H,2-4,7-8H2,1H3;4H,3H2,1-2H3,(H2,6,7);2*1-2H3. The van der Waals surface area contributed by atoms with Crippen molar-refractivity contribution in [3.8, 4) is 11.4 Å². The molecule has 9 nitrogen and oxygen atoms in total. The number of aliphatic hydroxyl groups excluding tert-OH is 1. The van der Waals surface area contributed by atoms with Crippen LogP contribution in [0.4, 0.5) is 4.39 Å². The number of carbonyl (C=O) groups is 2. The smallest absolute Gasteiger partial charge is 0.340 e. The van der Waals surface area contributed by atoms with Gasteiger partial charge in [-0.1, -0.05) is 27.7 Å². The molecule has 222 valence electrons. The molecule has 10 heteroatoms. The number of aliphatic hydroxyl groups is 1. The molecular formula is C31H40FN3O6. The number of aromatic nitrogens is 2. The van der Waals surface area contributed by atoms with E-state index in [9.17, 15) is 23.9 Å². The number of primary amides is 1. The zero-order chi connectivity index (χ0) is 30.6. The van der Waals surface area contributed by atoms with Crippen molar-refractivity contribution in [1.82, 2.24) is 9.55 Å². The van der Waals surface area contributed by atoms with Crippen LogP contribution in [0, 0.1) is 12.7 Å². The Balaban J connectivity index is 0.000000333. The summed E-state index contributed by atoms with van der Waals surface area (Å²) in [7, 11) is 1.55. The van der Waals surface area contributed by atoms with Crippen molar-refractivity contribution in [3.63, 3.8) is 0 Å². The van der Waals surface area contributed by atoms with Gasteiger partial charge < -0.3 is 24.9 Å². The quantitative estimate of drug-likeness (QED) is 0.349. The van der Waals surface area contributed by atoms with Gasteiger partial charge in [0.25, 0.3) is 5.56 Å². The molecule has 2 unspecified atom stereocenters. The zero-order valence-electron chi connectivity index (χ0n) is 24.9. The van der Waals surface area contributed by atoms with Crippen LogP contribution in [0.5, 0.6) is 0 Å². The van der Waals surface area contributed by atoms with Gasteiger partial charge in [0.2, 0.25) is 5.91 Å². The van der Waals surface area contributed by atoms with E-state index in [-0.39, 0.29) is 35.6 Å². The third-order valence-electron chi connectivity index (χ3n) is 7.43. The van der Waals surface area contributed by atoms with Crippen molar-refractivity contribution in [2.75, 3.05) is 7.11 Å². The summed E-state index contributed by atoms with van der Waals surface area (Å²) in [6, 6.07) is 3.13. The zero-order valence-corrected chi connectivity index (χ0v) is 24.9. The predicted molar refractivity (Wildman–Crippen MR) is 155 cm³/mol. The lowest BCUT2D eigenvalue weighted by atomic mass is 9.85. The normalized spacial score (nSPS) is 16.3. The van der Waals surface area contributed by atoms with E-state index in [1.54, 1.807) is 31.6 Å². The molecule has 1 aromatic carbocycles. The number of nitrogens with two attached hydrogens (primary N) is 1. The molecule has 0 saturated heterocycles. The monoisotopic (exact) mass is 569 g/mol. The largest absolute Gasteiger partial charge is 0.458 e. The highest BCUT2D eigenvalue weighted by Gasteiger charge is 2.35. The number of fused-ring (bicyclic) bond motifs is 5. The van der Waals surface area contributed by atoms with Crippen LogP contribution in [0.3, 0.4) is 0 Å². The maximum Gasteiger partial charge on any atom is 0.340 e. The summed E-state index contributed by atoms with van der Waals surface area (Å²) in [5.74, 6) is -1.35. The van der Waals surface area contributed by atoms with Gasteiger partial charge in [-0.2, -0.15) is 0 Å². The first-order valence-electron chi connectivity index (χ1n) is 14.2. The van der Waals surface area contributed by atoms with Crippen molar-refractivity contribution < 1.29 is 28.6 Å². The molecule has 3 aliphatic rings. The highest BCUT2D eigenvalue weighted by molar-refractivity contribution is 5.92. The Bertz CT molecular complexity index is 1530. The molecular weight excluding hydrogens is 529 g/mol. The summed E-state index contributed by atoms with van der Waals surface area (Å²) < 4.78 is 25.8. The number of benzene rings is 1. The number of methoxy groups -OCH3 is 1. The molecule has 4 heterocycles. The van der Waals surface area contributed by atoms with E-state index in [0.717, 1.165) is 41.3 Å². The van der Waals surface area contributed by atoms with Crippen LogP contribution >= 0.6 is 0 Å². The van der Waals surface area contributed by atoms with Crippen LogP contribution in [0.2, 0.25) is 0 Å². The van der Waals surface area contributed by atoms with Gasteiger partial charge in [-0.05, 0) is 55.9 Å². The summed E-state index contributed by atoms with van der Waals surface area (Å²) in [5, 5.41) is 11.2. The molecule has 41 heavy (non-hydrogen) atoms. The summed E-state index contributed by atoms with van der Waals surface area (Å²) in [6.07, 6.45) is 1.37. The summed E-state index contributed by atoms with van der Waals surface area (Å²) in [6.45, 7) is 11.8. The number of esters is 1. The molecule has 0 radical (unpaired) electrons. The van der Waals surface area contributed by atoms with Crippen LogP contribution in [-0.2, 0) is 45.1 Å². The predicted octanol–water partition coefficient (Wildman–Crippen LogP) is 4.40. The topological polar surface area (TPSA) is 134 Å². The Labute approximate surface area is 239 Å². The number of carbonyl (C=O) groups excluding carboxylic acids is 2. The van der Waals surface area contributed by atoms with E-state index in [1.807, 2.05) is 27.7 Å². The van der Waals surface area contributed by atoms with Crippen molar-refractivity contribution >= 4 is 22.8 Å². The van der Waals surface area contributed by atoms with Crippen LogP contribution in [0.1, 0.15) is 86.9 Å². The van der Waals surface area contributed by atoms with Crippen LogP contribution in [-0.4, -0.2) is 39.7 Å². The maximum atomic E-state index is 14.5. The lowest BCUT2D eigenvalue weighted by Crippen LogP contribution is -2.32. The highest BCUT2D eigenvalue weighted by Crippen LogP contribution is 2.41. The Morgan fingerprint density at radius 1 is 1.17 bits per heavy atom. The fourth-order valence-electron chi connectivity index (χ4n) is 5.43. The molecule has 0 fully saturated rings. The molecule has 0 spiro atoms. The maximum absolute atomic E-state index is 14.5. The van der Waals surface area contributed by atoms with Gasteiger partial charge in [-0.3, -0.25) is 9.59 Å². The van der Waals surface area contributed by atoms with E-state index in [4.69, 9.17) is 20.2 Å². The Morgan fingerprint density at radius 3 is 2.44 bits per heavy atom. The molecule has 3 N–H and O–H groups in total.